The van der Waals surface area contributed by atoms with Crippen LogP contribution >= 0.6 is 11.6 Å². The highest BCUT2D eigenvalue weighted by Crippen LogP contribution is 2.20. The molecule has 3 aromatic carbocycles. The van der Waals surface area contributed by atoms with E-state index in [1.807, 2.05) is 92.7 Å². The molecule has 1 atom stereocenters. The lowest BCUT2D eigenvalue weighted by Crippen LogP contribution is -2.50. The molecular weight excluding hydrogens is 444 g/mol. The molecule has 3 rings (SSSR count). The maximum absolute atomic E-state index is 13.6. The molecule has 0 aliphatic carbocycles. The van der Waals surface area contributed by atoms with E-state index >= 15 is 0 Å². The van der Waals surface area contributed by atoms with Gasteiger partial charge in [0.2, 0.25) is 11.8 Å². The average molecular weight is 477 g/mol. The second kappa shape index (κ2) is 13.0. The first-order valence-corrected chi connectivity index (χ1v) is 12.3. The number of carbonyl (C=O) groups is 2. The van der Waals surface area contributed by atoms with Crippen LogP contribution in [0.4, 0.5) is 0 Å². The van der Waals surface area contributed by atoms with E-state index < -0.39 is 6.04 Å². The molecule has 4 nitrogen and oxygen atoms in total. The Labute approximate surface area is 207 Å². The number of nitrogens with one attached hydrogen (secondary N) is 1. The third-order valence-corrected chi connectivity index (χ3v) is 6.23. The predicted molar refractivity (Wildman–Crippen MR) is 139 cm³/mol. The summed E-state index contributed by atoms with van der Waals surface area (Å²) in [5.74, 6) is -0.183. The second-order valence-electron chi connectivity index (χ2n) is 8.60. The van der Waals surface area contributed by atoms with E-state index in [0.29, 0.717) is 31.0 Å². The number of amides is 2. The van der Waals surface area contributed by atoms with Crippen LogP contribution in [0.15, 0.2) is 78.9 Å². The Morgan fingerprint density at radius 2 is 1.59 bits per heavy atom. The Kier molecular flexibility index (Phi) is 9.72. The zero-order valence-electron chi connectivity index (χ0n) is 20.0. The lowest BCUT2D eigenvalue weighted by molar-refractivity contribution is -0.141. The lowest BCUT2D eigenvalue weighted by Gasteiger charge is -2.31. The molecule has 178 valence electrons. The second-order valence-corrected chi connectivity index (χ2v) is 9.00. The van der Waals surface area contributed by atoms with Gasteiger partial charge >= 0.3 is 0 Å². The predicted octanol–water partition coefficient (Wildman–Crippen LogP) is 5.75. The van der Waals surface area contributed by atoms with Gasteiger partial charge in [-0.3, -0.25) is 9.59 Å². The molecule has 1 N–H and O–H groups in total. The van der Waals surface area contributed by atoms with Crippen LogP contribution in [0, 0.1) is 6.92 Å². The maximum Gasteiger partial charge on any atom is 0.243 e. The third kappa shape index (κ3) is 7.46. The van der Waals surface area contributed by atoms with E-state index in [9.17, 15) is 9.59 Å². The van der Waals surface area contributed by atoms with Crippen LogP contribution in [0.25, 0.3) is 0 Å². The highest BCUT2D eigenvalue weighted by atomic mass is 35.5. The Hall–Kier alpha value is -3.11. The summed E-state index contributed by atoms with van der Waals surface area (Å²) in [7, 11) is 0. The Morgan fingerprint density at radius 3 is 2.26 bits per heavy atom. The zero-order chi connectivity index (χ0) is 24.3. The molecule has 0 radical (unpaired) electrons. The summed E-state index contributed by atoms with van der Waals surface area (Å²) in [5.41, 5.74) is 4.11. The molecule has 0 aliphatic heterocycles. The highest BCUT2D eigenvalue weighted by molar-refractivity contribution is 6.31. The van der Waals surface area contributed by atoms with Gasteiger partial charge in [0.15, 0.2) is 0 Å². The van der Waals surface area contributed by atoms with Crippen molar-refractivity contribution in [2.24, 2.45) is 0 Å². The van der Waals surface area contributed by atoms with Gasteiger partial charge in [0.25, 0.3) is 0 Å². The molecule has 5 heteroatoms. The summed E-state index contributed by atoms with van der Waals surface area (Å²) in [4.78, 5) is 28.6. The number of carbonyl (C=O) groups excluding carboxylic acids is 2. The van der Waals surface area contributed by atoms with Crippen LogP contribution < -0.4 is 5.32 Å². The van der Waals surface area contributed by atoms with Crippen LogP contribution in [0.2, 0.25) is 5.02 Å². The monoisotopic (exact) mass is 476 g/mol. The summed E-state index contributed by atoms with van der Waals surface area (Å²) >= 11 is 6.32. The zero-order valence-corrected chi connectivity index (χ0v) is 20.7. The summed E-state index contributed by atoms with van der Waals surface area (Å²) in [6.45, 7) is 5.01. The van der Waals surface area contributed by atoms with Gasteiger partial charge in [-0.2, -0.15) is 0 Å². The number of nitrogens with zero attached hydrogens (tertiary/aromatic N) is 1. The van der Waals surface area contributed by atoms with Crippen LogP contribution in [0.5, 0.6) is 0 Å². The van der Waals surface area contributed by atoms with E-state index in [2.05, 4.69) is 5.32 Å². The molecule has 0 saturated heterocycles. The quantitative estimate of drug-likeness (QED) is 0.383. The fourth-order valence-corrected chi connectivity index (χ4v) is 4.13. The van der Waals surface area contributed by atoms with Crippen molar-refractivity contribution in [3.8, 4) is 0 Å². The summed E-state index contributed by atoms with van der Waals surface area (Å²) in [6, 6.07) is 24.9. The topological polar surface area (TPSA) is 49.4 Å². The minimum absolute atomic E-state index is 0.0620. The molecule has 1 unspecified atom stereocenters. The molecular formula is C29H33ClN2O2. The van der Waals surface area contributed by atoms with Gasteiger partial charge in [0.05, 0.1) is 0 Å². The minimum Gasteiger partial charge on any atom is -0.354 e. The summed E-state index contributed by atoms with van der Waals surface area (Å²) in [6.07, 6.45) is 2.10. The van der Waals surface area contributed by atoms with Crippen molar-refractivity contribution >= 4 is 23.4 Å². The van der Waals surface area contributed by atoms with Gasteiger partial charge in [0, 0.05) is 31.0 Å². The number of benzene rings is 3. The van der Waals surface area contributed by atoms with E-state index in [0.717, 1.165) is 28.7 Å². The van der Waals surface area contributed by atoms with Gasteiger partial charge in [-0.15, -0.1) is 0 Å². The average Bonchev–Trinajstić information content (AvgIpc) is 2.85. The normalized spacial score (nSPS) is 11.6. The minimum atomic E-state index is -0.603. The van der Waals surface area contributed by atoms with Crippen molar-refractivity contribution in [2.75, 3.05) is 6.54 Å². The van der Waals surface area contributed by atoms with Gasteiger partial charge in [-0.05, 0) is 42.5 Å². The van der Waals surface area contributed by atoms with Crippen LogP contribution in [-0.4, -0.2) is 29.3 Å². The molecule has 0 aliphatic rings. The SMILES string of the molecule is CCCNC(=O)C(Cc1ccccc1)N(Cc1ccc(C)cc1)C(=O)CCc1ccccc1Cl. The van der Waals surface area contributed by atoms with Gasteiger partial charge < -0.3 is 10.2 Å². The number of rotatable bonds is 11. The largest absolute Gasteiger partial charge is 0.354 e. The van der Waals surface area contributed by atoms with E-state index in [4.69, 9.17) is 11.6 Å². The van der Waals surface area contributed by atoms with Crippen molar-refractivity contribution in [1.82, 2.24) is 10.2 Å². The molecule has 0 spiro atoms. The lowest BCUT2D eigenvalue weighted by atomic mass is 10.0. The Balaban J connectivity index is 1.89. The Bertz CT molecular complexity index is 1070. The van der Waals surface area contributed by atoms with Gasteiger partial charge in [-0.25, -0.2) is 0 Å². The first-order valence-electron chi connectivity index (χ1n) is 11.9. The van der Waals surface area contributed by atoms with Crippen LogP contribution in [-0.2, 0) is 29.0 Å². The molecule has 0 heterocycles. The van der Waals surface area contributed by atoms with Crippen molar-refractivity contribution < 1.29 is 9.59 Å². The molecule has 0 fully saturated rings. The molecule has 34 heavy (non-hydrogen) atoms. The number of hydrogen-bond acceptors (Lipinski definition) is 2. The highest BCUT2D eigenvalue weighted by Gasteiger charge is 2.30. The summed E-state index contributed by atoms with van der Waals surface area (Å²) in [5, 5.41) is 3.67. The third-order valence-electron chi connectivity index (χ3n) is 5.86. The fraction of sp³-hybridized carbons (Fsp3) is 0.310. The van der Waals surface area contributed by atoms with E-state index in [1.54, 1.807) is 4.90 Å². The van der Waals surface area contributed by atoms with Crippen molar-refractivity contribution in [3.63, 3.8) is 0 Å². The Morgan fingerprint density at radius 1 is 0.912 bits per heavy atom. The van der Waals surface area contributed by atoms with Crippen molar-refractivity contribution in [1.29, 1.82) is 0 Å². The smallest absolute Gasteiger partial charge is 0.243 e. The molecule has 0 aromatic heterocycles. The van der Waals surface area contributed by atoms with E-state index in [1.165, 1.54) is 0 Å². The molecule has 0 bridgehead atoms. The molecule has 3 aromatic rings. The number of hydrogen-bond donors (Lipinski definition) is 1. The summed E-state index contributed by atoms with van der Waals surface area (Å²) < 4.78 is 0. The maximum atomic E-state index is 13.6. The van der Waals surface area contributed by atoms with Crippen LogP contribution in [0.1, 0.15) is 42.0 Å². The molecule has 2 amide bonds. The first-order chi connectivity index (χ1) is 16.5. The molecule has 0 saturated carbocycles. The first kappa shape index (κ1) is 25.5. The van der Waals surface area contributed by atoms with Gasteiger partial charge in [-0.1, -0.05) is 96.9 Å². The van der Waals surface area contributed by atoms with Crippen molar-refractivity contribution in [3.05, 3.63) is 106 Å². The number of halogens is 1. The number of aryl methyl sites for hydroxylation is 2. The van der Waals surface area contributed by atoms with E-state index in [-0.39, 0.29) is 18.2 Å². The fourth-order valence-electron chi connectivity index (χ4n) is 3.90. The van der Waals surface area contributed by atoms with Gasteiger partial charge in [0.1, 0.15) is 6.04 Å². The standard InChI is InChI=1S/C29H33ClN2O2/c1-3-19-31-29(34)27(20-23-9-5-4-6-10-23)32(21-24-15-13-22(2)14-16-24)28(33)18-17-25-11-7-8-12-26(25)30/h4-16,27H,3,17-21H2,1-2H3,(H,31,34). The van der Waals surface area contributed by atoms with Crippen LogP contribution in [0.3, 0.4) is 0 Å². The van der Waals surface area contributed by atoms with Crippen molar-refractivity contribution in [2.45, 2.75) is 52.1 Å².